The normalized spacial score (nSPS) is 12.4. The first-order valence-electron chi connectivity index (χ1n) is 5.68. The van der Waals surface area contributed by atoms with Crippen LogP contribution < -0.4 is 14.8 Å². The van der Waals surface area contributed by atoms with Crippen molar-refractivity contribution in [3.05, 3.63) is 24.3 Å². The van der Waals surface area contributed by atoms with E-state index in [9.17, 15) is 21.6 Å². The highest BCUT2D eigenvalue weighted by atomic mass is 32.2. The summed E-state index contributed by atoms with van der Waals surface area (Å²) in [4.78, 5) is -0.247. The van der Waals surface area contributed by atoms with Crippen molar-refractivity contribution in [3.8, 4) is 5.75 Å². The van der Waals surface area contributed by atoms with Gasteiger partial charge >= 0.3 is 6.18 Å². The molecular weight excluding hydrogens is 297 g/mol. The summed E-state index contributed by atoms with van der Waals surface area (Å²) in [6, 6.07) is 5.15. The van der Waals surface area contributed by atoms with Crippen LogP contribution in [0.5, 0.6) is 5.75 Å². The van der Waals surface area contributed by atoms with Crippen LogP contribution in [0, 0.1) is 0 Å². The quantitative estimate of drug-likeness (QED) is 0.741. The van der Waals surface area contributed by atoms with Crippen LogP contribution in [-0.2, 0) is 10.0 Å². The van der Waals surface area contributed by atoms with E-state index in [1.54, 1.807) is 7.05 Å². The summed E-state index contributed by atoms with van der Waals surface area (Å²) in [5.41, 5.74) is 0. The largest absolute Gasteiger partial charge is 0.492 e. The van der Waals surface area contributed by atoms with E-state index in [-0.39, 0.29) is 4.90 Å². The van der Waals surface area contributed by atoms with E-state index in [4.69, 9.17) is 4.74 Å². The third-order valence-electron chi connectivity index (χ3n) is 2.22. The maximum Gasteiger partial charge on any atom is 0.402 e. The Morgan fingerprint density at radius 2 is 1.80 bits per heavy atom. The molecule has 114 valence electrons. The molecule has 20 heavy (non-hydrogen) atoms. The molecule has 1 aromatic carbocycles. The molecule has 2 N–H and O–H groups in total. The van der Waals surface area contributed by atoms with Crippen molar-refractivity contribution >= 4 is 10.0 Å². The molecule has 1 aromatic rings. The number of hydrogen-bond donors (Lipinski definition) is 2. The van der Waals surface area contributed by atoms with Crippen LogP contribution >= 0.6 is 0 Å². The third kappa shape index (κ3) is 5.76. The summed E-state index contributed by atoms with van der Waals surface area (Å²) >= 11 is 0. The predicted molar refractivity (Wildman–Crippen MR) is 67.1 cm³/mol. The fourth-order valence-electron chi connectivity index (χ4n) is 1.25. The minimum absolute atomic E-state index is 0.247. The van der Waals surface area contributed by atoms with Crippen LogP contribution in [0.3, 0.4) is 0 Å². The Hall–Kier alpha value is -1.32. The first-order chi connectivity index (χ1) is 9.24. The lowest BCUT2D eigenvalue weighted by atomic mass is 10.3. The molecule has 0 spiro atoms. The molecule has 0 radical (unpaired) electrons. The number of benzene rings is 1. The minimum Gasteiger partial charge on any atom is -0.492 e. The zero-order valence-corrected chi connectivity index (χ0v) is 11.5. The average Bonchev–Trinajstić information content (AvgIpc) is 2.37. The summed E-state index contributed by atoms with van der Waals surface area (Å²) in [7, 11) is -2.42. The molecule has 5 nitrogen and oxygen atoms in total. The molecule has 0 saturated heterocycles. The first kappa shape index (κ1) is 16.7. The van der Waals surface area contributed by atoms with Crippen molar-refractivity contribution in [3.63, 3.8) is 0 Å². The Morgan fingerprint density at radius 3 is 2.30 bits per heavy atom. The molecule has 0 saturated carbocycles. The fraction of sp³-hybridized carbons (Fsp3) is 0.455. The summed E-state index contributed by atoms with van der Waals surface area (Å²) in [6.07, 6.45) is -4.59. The smallest absolute Gasteiger partial charge is 0.402 e. The van der Waals surface area contributed by atoms with E-state index >= 15 is 0 Å². The molecule has 0 unspecified atom stereocenters. The minimum atomic E-state index is -4.59. The van der Waals surface area contributed by atoms with Gasteiger partial charge in [-0.2, -0.15) is 13.2 Å². The SMILES string of the molecule is CNCCOc1ccc(S(=O)(=O)NCC(F)(F)F)cc1. The van der Waals surface area contributed by atoms with Gasteiger partial charge in [-0.15, -0.1) is 0 Å². The number of halogens is 3. The van der Waals surface area contributed by atoms with Gasteiger partial charge in [0.25, 0.3) is 0 Å². The highest BCUT2D eigenvalue weighted by Gasteiger charge is 2.29. The molecule has 1 rings (SSSR count). The molecule has 9 heteroatoms. The van der Waals surface area contributed by atoms with Crippen LogP contribution in [0.25, 0.3) is 0 Å². The highest BCUT2D eigenvalue weighted by molar-refractivity contribution is 7.89. The highest BCUT2D eigenvalue weighted by Crippen LogP contribution is 2.18. The van der Waals surface area contributed by atoms with Crippen molar-refractivity contribution in [2.45, 2.75) is 11.1 Å². The second-order valence-corrected chi connectivity index (χ2v) is 5.63. The number of sulfonamides is 1. The third-order valence-corrected chi connectivity index (χ3v) is 3.63. The molecule has 0 heterocycles. The standard InChI is InChI=1S/C11H15F3N2O3S/c1-15-6-7-19-9-2-4-10(5-3-9)20(17,18)16-8-11(12,13)14/h2-5,15-16H,6-8H2,1H3. The molecule has 0 aliphatic carbocycles. The second-order valence-electron chi connectivity index (χ2n) is 3.86. The summed E-state index contributed by atoms with van der Waals surface area (Å²) < 4.78 is 65.9. The Bertz CT molecular complexity index is 515. The summed E-state index contributed by atoms with van der Waals surface area (Å²) in [6.45, 7) is -0.585. The van der Waals surface area contributed by atoms with Gasteiger partial charge in [-0.1, -0.05) is 0 Å². The van der Waals surface area contributed by atoms with Gasteiger partial charge in [0, 0.05) is 6.54 Å². The van der Waals surface area contributed by atoms with E-state index in [0.29, 0.717) is 18.9 Å². The zero-order valence-electron chi connectivity index (χ0n) is 10.7. The van der Waals surface area contributed by atoms with Crippen LogP contribution in [0.1, 0.15) is 0 Å². The van der Waals surface area contributed by atoms with Crippen molar-refractivity contribution in [2.75, 3.05) is 26.7 Å². The Labute approximate surface area is 115 Å². The summed E-state index contributed by atoms with van der Waals surface area (Å²) in [5.74, 6) is 0.440. The lowest BCUT2D eigenvalue weighted by molar-refractivity contribution is -0.121. The van der Waals surface area contributed by atoms with E-state index in [1.165, 1.54) is 29.0 Å². The molecule has 0 aromatic heterocycles. The molecule has 0 aliphatic heterocycles. The predicted octanol–water partition coefficient (Wildman–Crippen LogP) is 1.13. The zero-order chi connectivity index (χ0) is 15.2. The molecule has 0 aliphatic rings. The maximum atomic E-state index is 12.0. The van der Waals surface area contributed by atoms with Gasteiger partial charge in [0.05, 0.1) is 4.90 Å². The molecular formula is C11H15F3N2O3S. The number of rotatable bonds is 7. The van der Waals surface area contributed by atoms with Crippen LogP contribution in [0.2, 0.25) is 0 Å². The molecule has 0 amide bonds. The molecule has 0 atom stereocenters. The van der Waals surface area contributed by atoms with Crippen LogP contribution in [0.15, 0.2) is 29.2 Å². The van der Waals surface area contributed by atoms with Gasteiger partial charge in [0.15, 0.2) is 0 Å². The van der Waals surface area contributed by atoms with E-state index in [1.807, 2.05) is 0 Å². The number of alkyl halides is 3. The Morgan fingerprint density at radius 1 is 1.20 bits per heavy atom. The van der Waals surface area contributed by atoms with Crippen molar-refractivity contribution in [1.29, 1.82) is 0 Å². The number of nitrogens with one attached hydrogen (secondary N) is 2. The van der Waals surface area contributed by atoms with Gasteiger partial charge in [0.2, 0.25) is 10.0 Å². The van der Waals surface area contributed by atoms with Crippen molar-refractivity contribution < 1.29 is 26.3 Å². The first-order valence-corrected chi connectivity index (χ1v) is 7.17. The summed E-state index contributed by atoms with van der Waals surface area (Å²) in [5, 5.41) is 2.87. The van der Waals surface area contributed by atoms with Gasteiger partial charge in [-0.25, -0.2) is 13.1 Å². The lowest BCUT2D eigenvalue weighted by Gasteiger charge is -2.10. The van der Waals surface area contributed by atoms with Crippen molar-refractivity contribution in [2.24, 2.45) is 0 Å². The second kappa shape index (κ2) is 6.91. The Balaban J connectivity index is 2.67. The van der Waals surface area contributed by atoms with Crippen LogP contribution in [-0.4, -0.2) is 41.3 Å². The van der Waals surface area contributed by atoms with E-state index in [0.717, 1.165) is 0 Å². The molecule has 0 bridgehead atoms. The number of likely N-dealkylation sites (N-methyl/N-ethyl adjacent to an activating group) is 1. The van der Waals surface area contributed by atoms with Crippen molar-refractivity contribution in [1.82, 2.24) is 10.0 Å². The number of hydrogen-bond acceptors (Lipinski definition) is 4. The van der Waals surface area contributed by atoms with Gasteiger partial charge in [-0.05, 0) is 31.3 Å². The van der Waals surface area contributed by atoms with E-state index in [2.05, 4.69) is 5.32 Å². The maximum absolute atomic E-state index is 12.0. The monoisotopic (exact) mass is 312 g/mol. The van der Waals surface area contributed by atoms with E-state index < -0.39 is 22.7 Å². The topological polar surface area (TPSA) is 67.4 Å². The fourth-order valence-corrected chi connectivity index (χ4v) is 2.26. The van der Waals surface area contributed by atoms with Gasteiger partial charge in [0.1, 0.15) is 18.9 Å². The van der Waals surface area contributed by atoms with Gasteiger partial charge < -0.3 is 10.1 Å². The average molecular weight is 312 g/mol. The van der Waals surface area contributed by atoms with Gasteiger partial charge in [-0.3, -0.25) is 0 Å². The Kier molecular flexibility index (Phi) is 5.78. The molecule has 0 fully saturated rings. The number of ether oxygens (including phenoxy) is 1. The van der Waals surface area contributed by atoms with Crippen LogP contribution in [0.4, 0.5) is 13.2 Å². The lowest BCUT2D eigenvalue weighted by Crippen LogP contribution is -2.33.